The molecule has 360 valence electrons. The summed E-state index contributed by atoms with van der Waals surface area (Å²) in [6.07, 6.45) is 72.4. The molecule has 0 heteroatoms. The van der Waals surface area contributed by atoms with Crippen LogP contribution < -0.4 is 0 Å². The number of allylic oxidation sites excluding steroid dienone is 9. The Labute approximate surface area is 395 Å². The van der Waals surface area contributed by atoms with Gasteiger partial charge >= 0.3 is 0 Å². The Kier molecular flexibility index (Phi) is 29.0. The number of rotatable bonds is 21. The Morgan fingerprint density at radius 2 is 0.413 bits per heavy atom. The van der Waals surface area contributed by atoms with Crippen LogP contribution in [0.15, 0.2) is 74.4 Å². The Morgan fingerprint density at radius 3 is 0.556 bits per heavy atom. The Hall–Kier alpha value is -1.56. The van der Waals surface area contributed by atoms with Gasteiger partial charge in [0.25, 0.3) is 0 Å². The van der Waals surface area contributed by atoms with Gasteiger partial charge in [-0.2, -0.15) is 0 Å². The highest BCUT2D eigenvalue weighted by Crippen LogP contribution is 2.46. The molecule has 0 amide bonds. The predicted molar refractivity (Wildman–Crippen MR) is 283 cm³/mol. The van der Waals surface area contributed by atoms with Crippen molar-refractivity contribution >= 4 is 0 Å². The topological polar surface area (TPSA) is 0 Å². The van der Waals surface area contributed by atoms with Crippen molar-refractivity contribution in [2.75, 3.05) is 0 Å². The Bertz CT molecular complexity index is 1130. The minimum atomic E-state index is 1.01. The summed E-state index contributed by atoms with van der Waals surface area (Å²) in [7, 11) is 0. The van der Waals surface area contributed by atoms with Crippen LogP contribution in [0.3, 0.4) is 0 Å². The summed E-state index contributed by atoms with van der Waals surface area (Å²) in [6, 6.07) is 0. The summed E-state index contributed by atoms with van der Waals surface area (Å²) < 4.78 is 0. The van der Waals surface area contributed by atoms with Gasteiger partial charge in [0.2, 0.25) is 0 Å². The fourth-order valence-electron chi connectivity index (χ4n) is 14.2. The molecule has 6 fully saturated rings. The lowest BCUT2D eigenvalue weighted by atomic mass is 9.68. The maximum absolute atomic E-state index is 3.86. The molecule has 0 radical (unpaired) electrons. The van der Waals surface area contributed by atoms with Crippen LogP contribution in [0.25, 0.3) is 0 Å². The third-order valence-electron chi connectivity index (χ3n) is 18.6. The molecule has 6 saturated carbocycles. The van der Waals surface area contributed by atoms with Crippen LogP contribution in [0.4, 0.5) is 0 Å². The van der Waals surface area contributed by atoms with Gasteiger partial charge in [0.05, 0.1) is 0 Å². The molecule has 0 nitrogen and oxygen atoms in total. The van der Waals surface area contributed by atoms with Gasteiger partial charge in [-0.3, -0.25) is 0 Å². The first kappa shape index (κ1) is 54.0. The summed E-state index contributed by atoms with van der Waals surface area (Å²) in [5.74, 6) is 12.5. The fourth-order valence-corrected chi connectivity index (χ4v) is 14.2. The van der Waals surface area contributed by atoms with Crippen molar-refractivity contribution in [3.8, 4) is 0 Å². The molecule has 0 heterocycles. The first-order chi connectivity index (χ1) is 31.0. The minimum absolute atomic E-state index is 1.01. The van der Waals surface area contributed by atoms with Crippen LogP contribution in [0.5, 0.6) is 0 Å². The van der Waals surface area contributed by atoms with E-state index in [1.54, 1.807) is 0 Å². The van der Waals surface area contributed by atoms with E-state index in [0.29, 0.717) is 0 Å². The molecule has 0 aromatic heterocycles. The molecule has 0 aromatic rings. The predicted octanol–water partition coefficient (Wildman–Crippen LogP) is 20.8. The quantitative estimate of drug-likeness (QED) is 0.101. The molecule has 0 N–H and O–H groups in total. The second-order valence-corrected chi connectivity index (χ2v) is 22.7. The molecule has 0 saturated heterocycles. The third-order valence-corrected chi connectivity index (χ3v) is 18.6. The highest BCUT2D eigenvalue weighted by molar-refractivity contribution is 4.88. The lowest BCUT2D eigenvalue weighted by molar-refractivity contribution is 0.142. The van der Waals surface area contributed by atoms with E-state index in [0.717, 1.165) is 71.0 Å². The van der Waals surface area contributed by atoms with Gasteiger partial charge in [0.15, 0.2) is 0 Å². The number of hydrogen-bond donors (Lipinski definition) is 0. The Balaban J connectivity index is 0.000000208. The van der Waals surface area contributed by atoms with Gasteiger partial charge in [-0.25, -0.2) is 0 Å². The lowest BCUT2D eigenvalue weighted by Gasteiger charge is -2.38. The van der Waals surface area contributed by atoms with Crippen molar-refractivity contribution in [2.45, 2.75) is 252 Å². The Morgan fingerprint density at radius 1 is 0.254 bits per heavy atom. The molecule has 63 heavy (non-hydrogen) atoms. The van der Waals surface area contributed by atoms with Gasteiger partial charge in [0, 0.05) is 0 Å². The average Bonchev–Trinajstić information content (AvgIpc) is 3.34. The van der Waals surface area contributed by atoms with E-state index >= 15 is 0 Å². The van der Waals surface area contributed by atoms with E-state index in [1.807, 2.05) is 0 Å². The van der Waals surface area contributed by atoms with Crippen molar-refractivity contribution < 1.29 is 0 Å². The maximum Gasteiger partial charge on any atom is -0.0348 e. The largest absolute Gasteiger partial charge is 0.103 e. The van der Waals surface area contributed by atoms with Crippen LogP contribution in [0, 0.1) is 71.0 Å². The van der Waals surface area contributed by atoms with Crippen LogP contribution in [-0.2, 0) is 0 Å². The van der Waals surface area contributed by atoms with Gasteiger partial charge in [0.1, 0.15) is 0 Å². The molecular formula is C63H108. The molecule has 0 spiro atoms. The summed E-state index contributed by atoms with van der Waals surface area (Å²) in [5, 5.41) is 0. The van der Waals surface area contributed by atoms with E-state index in [2.05, 4.69) is 95.2 Å². The zero-order valence-corrected chi connectivity index (χ0v) is 42.7. The summed E-state index contributed by atoms with van der Waals surface area (Å²) in [4.78, 5) is 0. The van der Waals surface area contributed by atoms with Gasteiger partial charge in [-0.05, 0) is 246 Å². The zero-order valence-electron chi connectivity index (χ0n) is 42.7. The summed E-state index contributed by atoms with van der Waals surface area (Å²) in [6.45, 7) is 18.0. The van der Waals surface area contributed by atoms with E-state index in [9.17, 15) is 0 Å². The van der Waals surface area contributed by atoms with Crippen LogP contribution in [0.1, 0.15) is 252 Å². The van der Waals surface area contributed by atoms with Crippen molar-refractivity contribution in [1.29, 1.82) is 0 Å². The molecule has 0 aliphatic heterocycles. The van der Waals surface area contributed by atoms with Crippen LogP contribution >= 0.6 is 0 Å². The van der Waals surface area contributed by atoms with E-state index in [-0.39, 0.29) is 0 Å². The van der Waals surface area contributed by atoms with Crippen molar-refractivity contribution in [2.24, 2.45) is 71.0 Å². The van der Waals surface area contributed by atoms with E-state index in [1.165, 1.54) is 231 Å². The molecule has 6 aliphatic rings. The van der Waals surface area contributed by atoms with Crippen molar-refractivity contribution in [3.63, 3.8) is 0 Å². The molecule has 6 rings (SSSR count). The van der Waals surface area contributed by atoms with Crippen LogP contribution in [0.2, 0.25) is 0 Å². The monoisotopic (exact) mass is 865 g/mol. The molecule has 0 unspecified atom stereocenters. The molecule has 0 bridgehead atoms. The standard InChI is InChI=1S/C22H38.C21H36.C20H34/c1-3-5-7-9-19-11-15-21(16-12-19)22-17-13-20(14-18-22)10-8-6-4-2;1-3-5-7-9-19-12-16-21(17-13-19)20-14-10-18(11-15-20)8-6-4-2;1-3-5-7-17-9-13-19(14-10-17)20-15-11-18(12-16-20)8-6-4-2/h3-6,19-22H,7-18H2,1-2H3;3-5,18-21H,2,6-17H2,1H3;3-4,17-20H,1-2,5-16H2/b5-3+,6-4+;5-3+;. The SMILES string of the molecule is C/C=C/CCC1CCC(C2CCC(CC/C=C/C)CC2)CC1.C=CCCC1CCC(C2CCC(CC/C=C/C)CC2)CC1.C=CCCC1CCC(C2CCC(CCC=C)CC2)CC1. The van der Waals surface area contributed by atoms with Gasteiger partial charge < -0.3 is 0 Å². The molecule has 0 aromatic carbocycles. The smallest absolute Gasteiger partial charge is 0.0348 e. The molecule has 6 aliphatic carbocycles. The first-order valence-corrected chi connectivity index (χ1v) is 28.7. The molecule has 0 atom stereocenters. The van der Waals surface area contributed by atoms with Crippen molar-refractivity contribution in [3.05, 3.63) is 74.4 Å². The third kappa shape index (κ3) is 21.7. The van der Waals surface area contributed by atoms with E-state index < -0.39 is 0 Å². The van der Waals surface area contributed by atoms with Gasteiger partial charge in [-0.1, -0.05) is 132 Å². The summed E-state index contributed by atoms with van der Waals surface area (Å²) >= 11 is 0. The minimum Gasteiger partial charge on any atom is -0.103 e. The molecular weight excluding hydrogens is 757 g/mol. The zero-order chi connectivity index (χ0) is 44.7. The van der Waals surface area contributed by atoms with E-state index in [4.69, 9.17) is 0 Å². The normalized spacial score (nSPS) is 34.1. The first-order valence-electron chi connectivity index (χ1n) is 28.7. The second kappa shape index (κ2) is 33.8. The van der Waals surface area contributed by atoms with Crippen LogP contribution in [-0.4, -0.2) is 0 Å². The second-order valence-electron chi connectivity index (χ2n) is 22.7. The average molecular weight is 866 g/mol. The van der Waals surface area contributed by atoms with Gasteiger partial charge in [-0.15, -0.1) is 19.7 Å². The fraction of sp³-hybridized carbons (Fsp3) is 0.810. The lowest BCUT2D eigenvalue weighted by Crippen LogP contribution is -2.25. The highest BCUT2D eigenvalue weighted by atomic mass is 14.4. The van der Waals surface area contributed by atoms with Crippen molar-refractivity contribution in [1.82, 2.24) is 0 Å². The maximum atomic E-state index is 3.86. The summed E-state index contributed by atoms with van der Waals surface area (Å²) in [5.41, 5.74) is 0. The number of hydrogen-bond acceptors (Lipinski definition) is 0. The highest BCUT2D eigenvalue weighted by Gasteiger charge is 2.33.